The monoisotopic (exact) mass is 189 g/mol. The van der Waals surface area contributed by atoms with Gasteiger partial charge in [0.15, 0.2) is 0 Å². The van der Waals surface area contributed by atoms with Gasteiger partial charge in [0.1, 0.15) is 12.9 Å². The summed E-state index contributed by atoms with van der Waals surface area (Å²) in [5.41, 5.74) is 0. The molecular weight excluding hydrogens is 174 g/mol. The molecule has 1 aliphatic rings. The van der Waals surface area contributed by atoms with Gasteiger partial charge in [-0.15, -0.1) is 0 Å². The van der Waals surface area contributed by atoms with Crippen molar-refractivity contribution in [2.45, 2.75) is 12.5 Å². The second-order valence-electron chi connectivity index (χ2n) is 2.60. The standard InChI is InChI=1S/C8H15NO4/c1-9-8(10)13-7-3-2-4-11-6-12-5-7/h2-3,7-10H,4-6H2,1H3/b3-2+. The minimum absolute atomic E-state index is 0.230. The number of ether oxygens (including phenoxy) is 3. The van der Waals surface area contributed by atoms with Crippen molar-refractivity contribution in [1.82, 2.24) is 5.32 Å². The Morgan fingerprint density at radius 1 is 1.62 bits per heavy atom. The highest BCUT2D eigenvalue weighted by Gasteiger charge is 2.11. The fourth-order valence-electron chi connectivity index (χ4n) is 0.920. The minimum Gasteiger partial charge on any atom is -0.356 e. The molecule has 0 aromatic heterocycles. The zero-order chi connectivity index (χ0) is 9.52. The molecule has 0 radical (unpaired) electrons. The third kappa shape index (κ3) is 4.35. The van der Waals surface area contributed by atoms with Crippen LogP contribution in [0.3, 0.4) is 0 Å². The van der Waals surface area contributed by atoms with E-state index in [0.29, 0.717) is 13.2 Å². The first kappa shape index (κ1) is 10.6. The Kier molecular flexibility index (Phi) is 4.95. The van der Waals surface area contributed by atoms with Gasteiger partial charge in [-0.1, -0.05) is 12.2 Å². The predicted molar refractivity (Wildman–Crippen MR) is 45.9 cm³/mol. The molecule has 1 heterocycles. The largest absolute Gasteiger partial charge is 0.356 e. The maximum atomic E-state index is 9.12. The van der Waals surface area contributed by atoms with Gasteiger partial charge >= 0.3 is 0 Å². The first-order valence-corrected chi connectivity index (χ1v) is 4.16. The molecule has 76 valence electrons. The van der Waals surface area contributed by atoms with Crippen LogP contribution < -0.4 is 5.32 Å². The molecule has 13 heavy (non-hydrogen) atoms. The molecule has 0 saturated carbocycles. The fraction of sp³-hybridized carbons (Fsp3) is 0.750. The highest BCUT2D eigenvalue weighted by Crippen LogP contribution is 2.01. The lowest BCUT2D eigenvalue weighted by Gasteiger charge is -2.19. The summed E-state index contributed by atoms with van der Waals surface area (Å²) in [6.45, 7) is 1.16. The van der Waals surface area contributed by atoms with Crippen molar-refractivity contribution in [1.29, 1.82) is 0 Å². The van der Waals surface area contributed by atoms with E-state index in [0.717, 1.165) is 0 Å². The number of hydrogen-bond donors (Lipinski definition) is 2. The molecule has 0 saturated heterocycles. The van der Waals surface area contributed by atoms with Gasteiger partial charge in [0.2, 0.25) is 6.41 Å². The number of aliphatic hydroxyl groups is 1. The molecule has 1 rings (SSSR count). The first-order valence-electron chi connectivity index (χ1n) is 4.16. The van der Waals surface area contributed by atoms with E-state index in [9.17, 15) is 0 Å². The maximum absolute atomic E-state index is 9.12. The van der Waals surface area contributed by atoms with Crippen molar-refractivity contribution in [2.24, 2.45) is 0 Å². The van der Waals surface area contributed by atoms with E-state index >= 15 is 0 Å². The van der Waals surface area contributed by atoms with Crippen LogP contribution >= 0.6 is 0 Å². The molecule has 0 spiro atoms. The van der Waals surface area contributed by atoms with E-state index in [1.54, 1.807) is 13.1 Å². The summed E-state index contributed by atoms with van der Waals surface area (Å²) in [5, 5.41) is 11.7. The normalized spacial score (nSPS) is 28.9. The van der Waals surface area contributed by atoms with Crippen LogP contribution in [0.25, 0.3) is 0 Å². The Labute approximate surface area is 77.3 Å². The summed E-state index contributed by atoms with van der Waals surface area (Å²) >= 11 is 0. The number of aliphatic hydroxyl groups excluding tert-OH is 1. The van der Waals surface area contributed by atoms with Crippen molar-refractivity contribution in [2.75, 3.05) is 27.1 Å². The average Bonchev–Trinajstić information content (AvgIpc) is 2.09. The second-order valence-corrected chi connectivity index (χ2v) is 2.60. The van der Waals surface area contributed by atoms with Crippen LogP contribution in [0, 0.1) is 0 Å². The van der Waals surface area contributed by atoms with Gasteiger partial charge in [-0.05, 0) is 7.05 Å². The Hall–Kier alpha value is -0.460. The molecule has 0 amide bonds. The molecule has 0 aliphatic carbocycles. The number of hydrogen-bond acceptors (Lipinski definition) is 5. The summed E-state index contributed by atoms with van der Waals surface area (Å²) in [6.07, 6.45) is 2.46. The summed E-state index contributed by atoms with van der Waals surface area (Å²) < 4.78 is 15.3. The Morgan fingerprint density at radius 2 is 2.46 bits per heavy atom. The highest BCUT2D eigenvalue weighted by molar-refractivity contribution is 4.90. The molecule has 0 aromatic rings. The van der Waals surface area contributed by atoms with Gasteiger partial charge < -0.3 is 19.3 Å². The Bertz CT molecular complexity index is 162. The van der Waals surface area contributed by atoms with Crippen molar-refractivity contribution < 1.29 is 19.3 Å². The Morgan fingerprint density at radius 3 is 3.23 bits per heavy atom. The predicted octanol–water partition coefficient (Wildman–Crippen LogP) is -0.573. The summed E-state index contributed by atoms with van der Waals surface area (Å²) in [7, 11) is 1.61. The van der Waals surface area contributed by atoms with Gasteiger partial charge in [0.25, 0.3) is 0 Å². The third-order valence-electron chi connectivity index (χ3n) is 1.56. The lowest BCUT2D eigenvalue weighted by Crippen LogP contribution is -2.34. The second kappa shape index (κ2) is 6.06. The number of nitrogens with one attached hydrogen (secondary N) is 1. The van der Waals surface area contributed by atoms with E-state index in [1.165, 1.54) is 0 Å². The van der Waals surface area contributed by atoms with E-state index < -0.39 is 6.41 Å². The zero-order valence-electron chi connectivity index (χ0n) is 7.60. The SMILES string of the molecule is CNC(O)OC1/C=C/COCOC1. The van der Waals surface area contributed by atoms with E-state index in [1.807, 2.05) is 6.08 Å². The van der Waals surface area contributed by atoms with E-state index in [2.05, 4.69) is 5.32 Å². The van der Waals surface area contributed by atoms with Crippen molar-refractivity contribution in [3.05, 3.63) is 12.2 Å². The van der Waals surface area contributed by atoms with Gasteiger partial charge in [0.05, 0.1) is 13.2 Å². The molecule has 5 nitrogen and oxygen atoms in total. The van der Waals surface area contributed by atoms with Crippen LogP contribution in [0.4, 0.5) is 0 Å². The quantitative estimate of drug-likeness (QED) is 0.460. The van der Waals surface area contributed by atoms with Crippen LogP contribution in [-0.4, -0.2) is 44.7 Å². The molecule has 2 atom stereocenters. The molecule has 0 fully saturated rings. The lowest BCUT2D eigenvalue weighted by atomic mass is 10.3. The lowest BCUT2D eigenvalue weighted by molar-refractivity contribution is -0.164. The molecule has 0 aromatic carbocycles. The van der Waals surface area contributed by atoms with Crippen LogP contribution in [0.1, 0.15) is 0 Å². The topological polar surface area (TPSA) is 60.0 Å². The van der Waals surface area contributed by atoms with Gasteiger partial charge in [0, 0.05) is 0 Å². The van der Waals surface area contributed by atoms with Crippen molar-refractivity contribution in [3.8, 4) is 0 Å². The summed E-state index contributed by atoms with van der Waals surface area (Å²) in [4.78, 5) is 0. The number of rotatable bonds is 3. The fourth-order valence-corrected chi connectivity index (χ4v) is 0.920. The molecule has 2 N–H and O–H groups in total. The summed E-state index contributed by atoms with van der Waals surface area (Å²) in [5.74, 6) is 0. The Balaban J connectivity index is 2.32. The van der Waals surface area contributed by atoms with Crippen LogP contribution in [0.2, 0.25) is 0 Å². The molecule has 1 aliphatic heterocycles. The minimum atomic E-state index is -0.960. The van der Waals surface area contributed by atoms with Crippen LogP contribution in [0.15, 0.2) is 12.2 Å². The zero-order valence-corrected chi connectivity index (χ0v) is 7.60. The molecular formula is C8H15NO4. The molecule has 5 heteroatoms. The summed E-state index contributed by atoms with van der Waals surface area (Å²) in [6, 6.07) is 0. The third-order valence-corrected chi connectivity index (χ3v) is 1.56. The van der Waals surface area contributed by atoms with E-state index in [4.69, 9.17) is 19.3 Å². The maximum Gasteiger partial charge on any atom is 0.213 e. The van der Waals surface area contributed by atoms with Gasteiger partial charge in [-0.25, -0.2) is 0 Å². The van der Waals surface area contributed by atoms with Crippen LogP contribution in [-0.2, 0) is 14.2 Å². The average molecular weight is 189 g/mol. The van der Waals surface area contributed by atoms with Gasteiger partial charge in [-0.3, -0.25) is 5.32 Å². The van der Waals surface area contributed by atoms with Crippen molar-refractivity contribution in [3.63, 3.8) is 0 Å². The molecule has 0 bridgehead atoms. The molecule has 2 unspecified atom stereocenters. The van der Waals surface area contributed by atoms with E-state index in [-0.39, 0.29) is 12.9 Å². The highest BCUT2D eigenvalue weighted by atomic mass is 16.7. The van der Waals surface area contributed by atoms with Gasteiger partial charge in [-0.2, -0.15) is 0 Å². The van der Waals surface area contributed by atoms with Crippen molar-refractivity contribution >= 4 is 0 Å². The van der Waals surface area contributed by atoms with Crippen LogP contribution in [0.5, 0.6) is 0 Å². The first-order chi connectivity index (χ1) is 6.33. The smallest absolute Gasteiger partial charge is 0.213 e.